The van der Waals surface area contributed by atoms with Crippen LogP contribution in [0.3, 0.4) is 0 Å². The Bertz CT molecular complexity index is 769. The molecule has 1 aliphatic heterocycles. The van der Waals surface area contributed by atoms with Gasteiger partial charge < -0.3 is 11.1 Å². The molecule has 1 aromatic carbocycles. The van der Waals surface area contributed by atoms with Crippen molar-refractivity contribution < 1.29 is 22.8 Å². The zero-order chi connectivity index (χ0) is 22.5. The Morgan fingerprint density at radius 2 is 1.65 bits per heavy atom. The maximum Gasteiger partial charge on any atom is 0.418 e. The number of hydrogen-bond acceptors (Lipinski definition) is 4. The summed E-state index contributed by atoms with van der Waals surface area (Å²) in [4.78, 5) is 26.3. The van der Waals surface area contributed by atoms with E-state index in [0.717, 1.165) is 51.1 Å². The third kappa shape index (κ3) is 6.21. The molecule has 1 aromatic rings. The first-order valence-corrected chi connectivity index (χ1v) is 11.2. The van der Waals surface area contributed by atoms with Crippen molar-refractivity contribution in [2.75, 3.05) is 25.4 Å². The molecule has 3 rings (SSSR count). The van der Waals surface area contributed by atoms with Gasteiger partial charge in [-0.1, -0.05) is 18.9 Å². The molecule has 0 radical (unpaired) electrons. The van der Waals surface area contributed by atoms with Gasteiger partial charge in [0.05, 0.1) is 5.56 Å². The Morgan fingerprint density at radius 1 is 1.00 bits per heavy atom. The van der Waals surface area contributed by atoms with Crippen molar-refractivity contribution in [3.63, 3.8) is 0 Å². The number of nitrogens with two attached hydrogens (primary N) is 1. The van der Waals surface area contributed by atoms with Crippen LogP contribution in [0.15, 0.2) is 18.2 Å². The predicted molar refractivity (Wildman–Crippen MR) is 113 cm³/mol. The molecule has 0 unspecified atom stereocenters. The Balaban J connectivity index is 1.29. The van der Waals surface area contributed by atoms with Gasteiger partial charge in [-0.2, -0.15) is 13.2 Å². The molecule has 0 aromatic heterocycles. The molecule has 1 aliphatic carbocycles. The average Bonchev–Trinajstić information content (AvgIpc) is 3.13. The number of nitrogens with zero attached hydrogens (tertiary/aromatic N) is 1. The van der Waals surface area contributed by atoms with Crippen LogP contribution in [-0.4, -0.2) is 36.3 Å². The standard InChI is InChI=1S/C23H32F3N3O2/c24-23(25,26)18-14-17(7-8-19(18)27)6-5-12-28-11-3-4-13-29-20(30)15-22(16-21(29)31)9-1-2-10-22/h7-8,14,28H,1-6,9-13,15-16,27H2. The number of nitrogen functional groups attached to an aromatic ring is 1. The SMILES string of the molecule is Nc1ccc(CCCNCCCCN2C(=O)CC3(CCCC3)CC2=O)cc1C(F)(F)F. The van der Waals surface area contributed by atoms with Gasteiger partial charge in [0.25, 0.3) is 0 Å². The maximum absolute atomic E-state index is 12.9. The summed E-state index contributed by atoms with van der Waals surface area (Å²) in [5, 5.41) is 3.28. The summed E-state index contributed by atoms with van der Waals surface area (Å²) in [5.74, 6) is -0.0410. The van der Waals surface area contributed by atoms with E-state index in [4.69, 9.17) is 5.73 Å². The molecular formula is C23H32F3N3O2. The average molecular weight is 440 g/mol. The molecule has 1 spiro atoms. The van der Waals surface area contributed by atoms with E-state index in [1.807, 2.05) is 0 Å². The van der Waals surface area contributed by atoms with Gasteiger partial charge in [-0.25, -0.2) is 0 Å². The predicted octanol–water partition coefficient (Wildman–Crippen LogP) is 4.30. The van der Waals surface area contributed by atoms with Crippen molar-refractivity contribution >= 4 is 17.5 Å². The number of anilines is 1. The number of aryl methyl sites for hydroxylation is 1. The van der Waals surface area contributed by atoms with Crippen LogP contribution in [0.4, 0.5) is 18.9 Å². The number of carbonyl (C=O) groups is 2. The van der Waals surface area contributed by atoms with Crippen molar-refractivity contribution in [2.24, 2.45) is 5.41 Å². The van der Waals surface area contributed by atoms with Crippen molar-refractivity contribution in [1.29, 1.82) is 0 Å². The minimum atomic E-state index is -4.44. The van der Waals surface area contributed by atoms with Crippen LogP contribution < -0.4 is 11.1 Å². The van der Waals surface area contributed by atoms with Crippen molar-refractivity contribution in [3.05, 3.63) is 29.3 Å². The van der Waals surface area contributed by atoms with Crippen LogP contribution in [0, 0.1) is 5.41 Å². The van der Waals surface area contributed by atoms with E-state index in [-0.39, 0.29) is 22.9 Å². The second-order valence-corrected chi connectivity index (χ2v) is 8.98. The van der Waals surface area contributed by atoms with E-state index in [0.29, 0.717) is 44.3 Å². The number of amides is 2. The number of likely N-dealkylation sites (tertiary alicyclic amines) is 1. The third-order valence-electron chi connectivity index (χ3n) is 6.55. The van der Waals surface area contributed by atoms with E-state index in [2.05, 4.69) is 5.32 Å². The second-order valence-electron chi connectivity index (χ2n) is 8.98. The summed E-state index contributed by atoms with van der Waals surface area (Å²) in [7, 11) is 0. The summed E-state index contributed by atoms with van der Waals surface area (Å²) in [5.41, 5.74) is 4.95. The zero-order valence-corrected chi connectivity index (χ0v) is 17.9. The zero-order valence-electron chi connectivity index (χ0n) is 17.9. The Labute approximate surface area is 181 Å². The molecule has 8 heteroatoms. The number of carbonyl (C=O) groups excluding carboxylic acids is 2. The fraction of sp³-hybridized carbons (Fsp3) is 0.652. The number of unbranched alkanes of at least 4 members (excludes halogenated alkanes) is 1. The number of nitrogens with one attached hydrogen (secondary N) is 1. The van der Waals surface area contributed by atoms with Gasteiger partial charge in [-0.15, -0.1) is 0 Å². The first-order valence-electron chi connectivity index (χ1n) is 11.2. The first-order chi connectivity index (χ1) is 14.7. The van der Waals surface area contributed by atoms with E-state index < -0.39 is 11.7 Å². The number of hydrogen-bond donors (Lipinski definition) is 2. The lowest BCUT2D eigenvalue weighted by Gasteiger charge is -2.37. The topological polar surface area (TPSA) is 75.4 Å². The lowest BCUT2D eigenvalue weighted by Crippen LogP contribution is -2.47. The van der Waals surface area contributed by atoms with E-state index in [1.165, 1.54) is 11.0 Å². The Morgan fingerprint density at radius 3 is 2.29 bits per heavy atom. The van der Waals surface area contributed by atoms with Crippen molar-refractivity contribution in [2.45, 2.75) is 70.4 Å². The number of rotatable bonds is 9. The van der Waals surface area contributed by atoms with Gasteiger partial charge >= 0.3 is 6.18 Å². The number of piperidine rings is 1. The minimum absolute atomic E-state index is 0.0205. The molecule has 172 valence electrons. The molecule has 1 heterocycles. The molecule has 31 heavy (non-hydrogen) atoms. The van der Waals surface area contributed by atoms with Crippen LogP contribution in [0.25, 0.3) is 0 Å². The van der Waals surface area contributed by atoms with E-state index in [1.54, 1.807) is 6.07 Å². The van der Waals surface area contributed by atoms with Crippen LogP contribution in [0.2, 0.25) is 0 Å². The van der Waals surface area contributed by atoms with Gasteiger partial charge in [-0.05, 0) is 74.7 Å². The summed E-state index contributed by atoms with van der Waals surface area (Å²) in [6.07, 6.45) is 3.66. The fourth-order valence-electron chi connectivity index (χ4n) is 4.83. The number of imide groups is 1. The first kappa shape index (κ1) is 23.6. The molecule has 2 aliphatic rings. The third-order valence-corrected chi connectivity index (χ3v) is 6.55. The second kappa shape index (κ2) is 10.0. The normalized spacial score (nSPS) is 18.9. The highest BCUT2D eigenvalue weighted by Crippen LogP contribution is 2.46. The highest BCUT2D eigenvalue weighted by Gasteiger charge is 2.44. The van der Waals surface area contributed by atoms with Gasteiger partial charge in [0.1, 0.15) is 0 Å². The number of alkyl halides is 3. The monoisotopic (exact) mass is 439 g/mol. The van der Waals surface area contributed by atoms with Crippen LogP contribution >= 0.6 is 0 Å². The lowest BCUT2D eigenvalue weighted by molar-refractivity contribution is -0.153. The molecular weight excluding hydrogens is 407 g/mol. The van der Waals surface area contributed by atoms with Crippen molar-refractivity contribution in [1.82, 2.24) is 10.2 Å². The van der Waals surface area contributed by atoms with Gasteiger partial charge in [0.15, 0.2) is 0 Å². The molecule has 5 nitrogen and oxygen atoms in total. The number of halogens is 3. The van der Waals surface area contributed by atoms with Crippen molar-refractivity contribution in [3.8, 4) is 0 Å². The molecule has 3 N–H and O–H groups in total. The van der Waals surface area contributed by atoms with E-state index in [9.17, 15) is 22.8 Å². The largest absolute Gasteiger partial charge is 0.418 e. The Hall–Kier alpha value is -2.09. The van der Waals surface area contributed by atoms with E-state index >= 15 is 0 Å². The van der Waals surface area contributed by atoms with Crippen LogP contribution in [0.1, 0.15) is 68.9 Å². The molecule has 2 amide bonds. The highest BCUT2D eigenvalue weighted by molar-refractivity contribution is 5.98. The van der Waals surface area contributed by atoms with Crippen LogP contribution in [0.5, 0.6) is 0 Å². The lowest BCUT2D eigenvalue weighted by atomic mass is 9.76. The number of benzene rings is 1. The van der Waals surface area contributed by atoms with Gasteiger partial charge in [-0.3, -0.25) is 14.5 Å². The van der Waals surface area contributed by atoms with Crippen LogP contribution in [-0.2, 0) is 22.2 Å². The summed E-state index contributed by atoms with van der Waals surface area (Å²) < 4.78 is 38.7. The smallest absolute Gasteiger partial charge is 0.398 e. The Kier molecular flexibility index (Phi) is 7.62. The van der Waals surface area contributed by atoms with Gasteiger partial charge in [0, 0.05) is 25.1 Å². The fourth-order valence-corrected chi connectivity index (χ4v) is 4.83. The quantitative estimate of drug-likeness (QED) is 0.342. The summed E-state index contributed by atoms with van der Waals surface area (Å²) in [6, 6.07) is 4.06. The molecule has 0 bridgehead atoms. The maximum atomic E-state index is 12.9. The highest BCUT2D eigenvalue weighted by atomic mass is 19.4. The van der Waals surface area contributed by atoms with Gasteiger partial charge in [0.2, 0.25) is 11.8 Å². The molecule has 2 fully saturated rings. The molecule has 1 saturated carbocycles. The minimum Gasteiger partial charge on any atom is -0.398 e. The summed E-state index contributed by atoms with van der Waals surface area (Å²) in [6.45, 7) is 1.91. The summed E-state index contributed by atoms with van der Waals surface area (Å²) >= 11 is 0. The molecule has 1 saturated heterocycles. The molecule has 0 atom stereocenters.